The van der Waals surface area contributed by atoms with Crippen molar-refractivity contribution < 1.29 is 27.5 Å². The normalized spacial score (nSPS) is 30.1. The van der Waals surface area contributed by atoms with Gasteiger partial charge in [-0.15, -0.1) is 0 Å². The fraction of sp³-hybridized carbons (Fsp3) is 1.00. The van der Waals surface area contributed by atoms with E-state index >= 15 is 0 Å². The van der Waals surface area contributed by atoms with Crippen LogP contribution in [-0.2, 0) is 22.4 Å². The van der Waals surface area contributed by atoms with Crippen molar-refractivity contribution in [2.75, 3.05) is 13.2 Å². The Bertz CT molecular complexity index is 506. The molecule has 1 saturated heterocycles. The molecule has 0 spiro atoms. The average Bonchev–Trinajstić information content (AvgIpc) is 2.64. The number of ether oxygens (including phenoxy) is 1. The topological polar surface area (TPSA) is 66.4 Å². The van der Waals surface area contributed by atoms with Crippen molar-refractivity contribution in [1.29, 1.82) is 0 Å². The largest absolute Gasteiger partial charge is 0.415 e. The summed E-state index contributed by atoms with van der Waals surface area (Å²) >= 11 is 0. The standard InChI is InChI=1S/C18H44O6Si4/c1-25(2,3)20-13-15-16(23-27(7,8)9)17(24-28(10,11)12)18(19,22-15)14-21-26(4,5)6/h15-17,19H,13-14H2,1-12H3/t15-,16-,17+,18+/m1/s1. The maximum absolute atomic E-state index is 11.5. The molecular formula is C18H44O6Si4. The Labute approximate surface area is 176 Å². The van der Waals surface area contributed by atoms with Crippen LogP contribution in [0.25, 0.3) is 0 Å². The third-order valence-corrected chi connectivity index (χ3v) is 7.81. The first-order valence-corrected chi connectivity index (χ1v) is 23.9. The number of hydrogen-bond acceptors (Lipinski definition) is 6. The van der Waals surface area contributed by atoms with Crippen LogP contribution >= 0.6 is 0 Å². The van der Waals surface area contributed by atoms with Crippen LogP contribution in [0.3, 0.4) is 0 Å². The summed E-state index contributed by atoms with van der Waals surface area (Å²) in [6, 6.07) is 0. The van der Waals surface area contributed by atoms with Crippen LogP contribution in [0.15, 0.2) is 0 Å². The van der Waals surface area contributed by atoms with E-state index in [1.807, 2.05) is 0 Å². The molecular weight excluding hydrogens is 425 g/mol. The van der Waals surface area contributed by atoms with Crippen molar-refractivity contribution in [2.24, 2.45) is 0 Å². The second kappa shape index (κ2) is 9.01. The van der Waals surface area contributed by atoms with E-state index in [4.69, 9.17) is 22.4 Å². The summed E-state index contributed by atoms with van der Waals surface area (Å²) in [4.78, 5) is 0. The van der Waals surface area contributed by atoms with Gasteiger partial charge in [0, 0.05) is 0 Å². The van der Waals surface area contributed by atoms with E-state index in [-0.39, 0.29) is 18.8 Å². The molecule has 1 N–H and O–H groups in total. The molecule has 1 heterocycles. The lowest BCUT2D eigenvalue weighted by atomic mass is 10.1. The first-order valence-electron chi connectivity index (χ1n) is 10.2. The van der Waals surface area contributed by atoms with E-state index in [9.17, 15) is 5.11 Å². The first kappa shape index (κ1) is 26.7. The molecule has 0 bridgehead atoms. The molecule has 1 aliphatic rings. The lowest BCUT2D eigenvalue weighted by Crippen LogP contribution is -2.55. The van der Waals surface area contributed by atoms with Crippen LogP contribution in [0.1, 0.15) is 0 Å². The molecule has 0 aliphatic carbocycles. The highest BCUT2D eigenvalue weighted by atomic mass is 28.4. The minimum atomic E-state index is -1.97. The average molecular weight is 469 g/mol. The van der Waals surface area contributed by atoms with E-state index in [1.165, 1.54) is 0 Å². The molecule has 0 aromatic heterocycles. The summed E-state index contributed by atoms with van der Waals surface area (Å²) in [6.45, 7) is 26.0. The highest BCUT2D eigenvalue weighted by Gasteiger charge is 2.58. The van der Waals surface area contributed by atoms with E-state index in [0.717, 1.165) is 0 Å². The Kier molecular flexibility index (Phi) is 8.58. The smallest absolute Gasteiger partial charge is 0.217 e. The van der Waals surface area contributed by atoms with E-state index in [1.54, 1.807) is 0 Å². The molecule has 4 atom stereocenters. The van der Waals surface area contributed by atoms with Crippen LogP contribution < -0.4 is 0 Å². The van der Waals surface area contributed by atoms with Crippen molar-refractivity contribution in [2.45, 2.75) is 103 Å². The summed E-state index contributed by atoms with van der Waals surface area (Å²) in [5, 5.41) is 11.5. The second-order valence-corrected chi connectivity index (χ2v) is 29.6. The molecule has 10 heteroatoms. The van der Waals surface area contributed by atoms with Gasteiger partial charge in [0.1, 0.15) is 18.3 Å². The Morgan fingerprint density at radius 3 is 1.57 bits per heavy atom. The van der Waals surface area contributed by atoms with Crippen molar-refractivity contribution in [1.82, 2.24) is 0 Å². The Balaban J connectivity index is 3.21. The van der Waals surface area contributed by atoms with Gasteiger partial charge < -0.3 is 27.5 Å². The van der Waals surface area contributed by atoms with Crippen LogP contribution in [0.2, 0.25) is 78.6 Å². The fourth-order valence-corrected chi connectivity index (χ4v) is 6.31. The number of hydrogen-bond donors (Lipinski definition) is 1. The van der Waals surface area contributed by atoms with Crippen molar-refractivity contribution in [3.63, 3.8) is 0 Å². The number of aliphatic hydroxyl groups is 1. The SMILES string of the molecule is C[Si](C)(C)OC[C@H]1O[C@@](O)(CO[Si](C)(C)C)[C@@H](O[Si](C)(C)C)[C@@H]1O[Si](C)(C)C. The predicted octanol–water partition coefficient (Wildman–Crippen LogP) is 4.22. The highest BCUT2D eigenvalue weighted by Crippen LogP contribution is 2.38. The van der Waals surface area contributed by atoms with Crippen LogP contribution in [-0.4, -0.2) is 75.7 Å². The van der Waals surface area contributed by atoms with Gasteiger partial charge in [-0.25, -0.2) is 0 Å². The van der Waals surface area contributed by atoms with Gasteiger partial charge >= 0.3 is 0 Å². The minimum absolute atomic E-state index is 0.0902. The van der Waals surface area contributed by atoms with E-state index in [0.29, 0.717) is 6.61 Å². The zero-order chi connectivity index (χ0) is 22.2. The van der Waals surface area contributed by atoms with Gasteiger partial charge in [-0.05, 0) is 78.6 Å². The highest BCUT2D eigenvalue weighted by molar-refractivity contribution is 6.71. The van der Waals surface area contributed by atoms with Gasteiger partial charge in [0.05, 0.1) is 13.2 Å². The van der Waals surface area contributed by atoms with Gasteiger partial charge in [0.25, 0.3) is 0 Å². The third kappa shape index (κ3) is 9.62. The zero-order valence-corrected chi connectivity index (χ0v) is 24.1. The third-order valence-electron chi connectivity index (χ3n) is 3.83. The van der Waals surface area contributed by atoms with Crippen molar-refractivity contribution >= 4 is 33.3 Å². The Morgan fingerprint density at radius 1 is 0.714 bits per heavy atom. The molecule has 1 fully saturated rings. The molecule has 1 rings (SSSR count). The van der Waals surface area contributed by atoms with Gasteiger partial charge in [-0.1, -0.05) is 0 Å². The van der Waals surface area contributed by atoms with E-state index in [2.05, 4.69) is 78.6 Å². The van der Waals surface area contributed by atoms with Crippen molar-refractivity contribution in [3.8, 4) is 0 Å². The lowest BCUT2D eigenvalue weighted by molar-refractivity contribution is -0.241. The lowest BCUT2D eigenvalue weighted by Gasteiger charge is -2.37. The van der Waals surface area contributed by atoms with Crippen molar-refractivity contribution in [3.05, 3.63) is 0 Å². The summed E-state index contributed by atoms with van der Waals surface area (Å²) in [5.41, 5.74) is 0. The molecule has 0 aromatic rings. The summed E-state index contributed by atoms with van der Waals surface area (Å²) in [5.74, 6) is -1.53. The monoisotopic (exact) mass is 468 g/mol. The molecule has 0 radical (unpaired) electrons. The summed E-state index contributed by atoms with van der Waals surface area (Å²) < 4.78 is 31.4. The molecule has 168 valence electrons. The number of rotatable bonds is 10. The first-order chi connectivity index (χ1) is 12.2. The molecule has 0 aromatic carbocycles. The molecule has 28 heavy (non-hydrogen) atoms. The van der Waals surface area contributed by atoms with Crippen LogP contribution in [0.5, 0.6) is 0 Å². The van der Waals surface area contributed by atoms with E-state index < -0.39 is 45.2 Å². The summed E-state index contributed by atoms with van der Waals surface area (Å²) in [7, 11) is -7.46. The zero-order valence-electron chi connectivity index (χ0n) is 20.1. The quantitative estimate of drug-likeness (QED) is 0.484. The van der Waals surface area contributed by atoms with Gasteiger partial charge in [-0.3, -0.25) is 0 Å². The maximum atomic E-state index is 11.5. The minimum Gasteiger partial charge on any atom is -0.415 e. The van der Waals surface area contributed by atoms with Gasteiger partial charge in [0.15, 0.2) is 33.3 Å². The van der Waals surface area contributed by atoms with Gasteiger partial charge in [0.2, 0.25) is 5.79 Å². The fourth-order valence-electron chi connectivity index (χ4n) is 2.83. The molecule has 0 unspecified atom stereocenters. The van der Waals surface area contributed by atoms with Gasteiger partial charge in [-0.2, -0.15) is 0 Å². The molecule has 6 nitrogen and oxygen atoms in total. The molecule has 1 aliphatic heterocycles. The molecule has 0 amide bonds. The van der Waals surface area contributed by atoms with Crippen LogP contribution in [0.4, 0.5) is 0 Å². The predicted molar refractivity (Wildman–Crippen MR) is 125 cm³/mol. The maximum Gasteiger partial charge on any atom is 0.217 e. The molecule has 0 saturated carbocycles. The summed E-state index contributed by atoms with van der Waals surface area (Å²) in [6.07, 6.45) is -1.34. The Morgan fingerprint density at radius 2 is 1.18 bits per heavy atom. The second-order valence-electron chi connectivity index (χ2n) is 11.7. The Hall–Kier alpha value is 0.628. The van der Waals surface area contributed by atoms with Crippen LogP contribution in [0, 0.1) is 0 Å².